The molecule has 0 bridgehead atoms. The Morgan fingerprint density at radius 1 is 0.744 bits per heavy atom. The van der Waals surface area contributed by atoms with Gasteiger partial charge in [0.25, 0.3) is 8.32 Å². The minimum atomic E-state index is -2.74. The summed E-state index contributed by atoms with van der Waals surface area (Å²) in [4.78, 5) is 13.2. The molecule has 200 valence electrons. The molecule has 1 heterocycles. The van der Waals surface area contributed by atoms with Gasteiger partial charge in [-0.25, -0.2) is 0 Å². The maximum Gasteiger partial charge on any atom is 0.261 e. The van der Waals surface area contributed by atoms with Gasteiger partial charge in [-0.15, -0.1) is 0 Å². The molecule has 3 atom stereocenters. The van der Waals surface area contributed by atoms with Crippen LogP contribution < -0.4 is 10.4 Å². The zero-order chi connectivity index (χ0) is 27.3. The number of hydrogen-bond donors (Lipinski definition) is 0. The minimum absolute atomic E-state index is 0.0520. The number of hydrogen-bond acceptors (Lipinski definition) is 3. The van der Waals surface area contributed by atoms with E-state index in [1.54, 1.807) is 0 Å². The van der Waals surface area contributed by atoms with Crippen LogP contribution in [0.3, 0.4) is 0 Å². The molecule has 0 unspecified atom stereocenters. The van der Waals surface area contributed by atoms with E-state index in [-0.39, 0.29) is 29.1 Å². The number of ether oxygens (including phenoxy) is 1. The molecule has 1 aliphatic rings. The van der Waals surface area contributed by atoms with Crippen LogP contribution in [0.15, 0.2) is 121 Å². The molecular weight excluding hydrogens is 496 g/mol. The van der Waals surface area contributed by atoms with E-state index >= 15 is 0 Å². The van der Waals surface area contributed by atoms with Crippen LogP contribution in [0.25, 0.3) is 0 Å². The number of benzene rings is 4. The predicted octanol–water partition coefficient (Wildman–Crippen LogP) is 7.12. The predicted molar refractivity (Wildman–Crippen MR) is 161 cm³/mol. The summed E-state index contributed by atoms with van der Waals surface area (Å²) in [6.45, 7) is 6.93. The third-order valence-corrected chi connectivity index (χ3v) is 12.9. The monoisotopic (exact) mass is 534 g/mol. The lowest BCUT2D eigenvalue weighted by Gasteiger charge is -2.47. The summed E-state index contributed by atoms with van der Waals surface area (Å²) >= 11 is 0. The Morgan fingerprint density at radius 3 is 1.74 bits per heavy atom. The van der Waals surface area contributed by atoms with E-state index in [1.807, 2.05) is 36.4 Å². The van der Waals surface area contributed by atoms with E-state index in [0.717, 1.165) is 17.5 Å². The average Bonchev–Trinajstić information content (AvgIpc) is 2.97. The summed E-state index contributed by atoms with van der Waals surface area (Å²) in [5.74, 6) is 0.110. The van der Waals surface area contributed by atoms with Crippen LogP contribution in [0.4, 0.5) is 0 Å². The second kappa shape index (κ2) is 11.8. The highest BCUT2D eigenvalue weighted by atomic mass is 28.4. The summed E-state index contributed by atoms with van der Waals surface area (Å²) < 4.78 is 14.2. The lowest BCUT2D eigenvalue weighted by molar-refractivity contribution is -0.0919. The van der Waals surface area contributed by atoms with Gasteiger partial charge in [0.15, 0.2) is 5.78 Å². The molecule has 4 heteroatoms. The average molecular weight is 535 g/mol. The van der Waals surface area contributed by atoms with E-state index in [9.17, 15) is 4.79 Å². The van der Waals surface area contributed by atoms with E-state index in [1.165, 1.54) is 10.4 Å². The van der Waals surface area contributed by atoms with E-state index < -0.39 is 8.32 Å². The standard InChI is InChI=1S/C35H38O3Si/c1-35(2,3)39(31-20-12-6-13-21-31,32-22-14-7-15-23-32)38-30-24-29(25-33(36)27-16-8-4-9-17-27)37-34(26-30)28-18-10-5-11-19-28/h4-23,29-30,34H,24-26H2,1-3H3/t29-,30-,34-/m1/s1. The van der Waals surface area contributed by atoms with Crippen LogP contribution in [-0.2, 0) is 9.16 Å². The number of carbonyl (C=O) groups is 1. The van der Waals surface area contributed by atoms with Crippen LogP contribution in [0.1, 0.15) is 62.1 Å². The van der Waals surface area contributed by atoms with Gasteiger partial charge < -0.3 is 9.16 Å². The smallest absolute Gasteiger partial charge is 0.261 e. The molecule has 0 aromatic heterocycles. The Hall–Kier alpha value is -3.31. The maximum atomic E-state index is 13.2. The molecule has 1 fully saturated rings. The molecule has 3 nitrogen and oxygen atoms in total. The molecule has 1 aliphatic heterocycles. The van der Waals surface area contributed by atoms with Crippen molar-refractivity contribution in [2.45, 2.75) is 63.4 Å². The van der Waals surface area contributed by atoms with E-state index in [0.29, 0.717) is 12.8 Å². The molecule has 4 aromatic carbocycles. The first kappa shape index (κ1) is 27.3. The van der Waals surface area contributed by atoms with Crippen LogP contribution in [0, 0.1) is 0 Å². The van der Waals surface area contributed by atoms with Crippen LogP contribution in [-0.4, -0.2) is 26.3 Å². The molecule has 1 saturated heterocycles. The van der Waals surface area contributed by atoms with Crippen LogP contribution in [0.2, 0.25) is 5.04 Å². The molecule has 0 spiro atoms. The van der Waals surface area contributed by atoms with Gasteiger partial charge in [-0.3, -0.25) is 4.79 Å². The van der Waals surface area contributed by atoms with E-state index in [4.69, 9.17) is 9.16 Å². The topological polar surface area (TPSA) is 35.5 Å². The number of rotatable bonds is 8. The first-order valence-corrected chi connectivity index (χ1v) is 15.8. The second-order valence-electron chi connectivity index (χ2n) is 11.5. The summed E-state index contributed by atoms with van der Waals surface area (Å²) in [6, 6.07) is 41.4. The Kier molecular flexibility index (Phi) is 8.27. The highest BCUT2D eigenvalue weighted by molar-refractivity contribution is 6.99. The third-order valence-electron chi connectivity index (χ3n) is 7.80. The summed E-state index contributed by atoms with van der Waals surface area (Å²) in [6.07, 6.45) is 1.38. The molecule has 0 N–H and O–H groups in total. The Balaban J connectivity index is 1.52. The highest BCUT2D eigenvalue weighted by Gasteiger charge is 2.52. The SMILES string of the molecule is CC(C)(C)[Si](O[C@@H]1C[C@H](CC(=O)c2ccccc2)O[C@@H](c2ccccc2)C1)(c1ccccc1)c1ccccc1. The lowest BCUT2D eigenvalue weighted by Crippen LogP contribution is -2.68. The summed E-state index contributed by atoms with van der Waals surface area (Å²) in [5, 5.41) is 2.41. The lowest BCUT2D eigenvalue weighted by atomic mass is 9.93. The van der Waals surface area contributed by atoms with Crippen LogP contribution in [0.5, 0.6) is 0 Å². The van der Waals surface area contributed by atoms with Crippen molar-refractivity contribution in [1.29, 1.82) is 0 Å². The number of ketones is 1. The van der Waals surface area contributed by atoms with Gasteiger partial charge in [-0.1, -0.05) is 142 Å². The zero-order valence-corrected chi connectivity index (χ0v) is 24.1. The van der Waals surface area contributed by atoms with Gasteiger partial charge in [-0.05, 0) is 27.4 Å². The van der Waals surface area contributed by atoms with Crippen molar-refractivity contribution >= 4 is 24.5 Å². The van der Waals surface area contributed by atoms with Gasteiger partial charge >= 0.3 is 0 Å². The first-order chi connectivity index (χ1) is 18.9. The fraction of sp³-hybridized carbons (Fsp3) is 0.286. The Bertz CT molecular complexity index is 1300. The third kappa shape index (κ3) is 5.99. The Labute approximate surface area is 234 Å². The van der Waals surface area contributed by atoms with E-state index in [2.05, 4.69) is 106 Å². The second-order valence-corrected chi connectivity index (χ2v) is 15.8. The molecule has 0 saturated carbocycles. The number of Topliss-reactive ketones (excluding diaryl/α,β-unsaturated/α-hetero) is 1. The van der Waals surface area contributed by atoms with Gasteiger partial charge in [0.1, 0.15) is 0 Å². The van der Waals surface area contributed by atoms with Crippen molar-refractivity contribution in [3.63, 3.8) is 0 Å². The first-order valence-electron chi connectivity index (χ1n) is 13.9. The summed E-state index contributed by atoms with van der Waals surface area (Å²) in [7, 11) is -2.74. The molecule has 0 radical (unpaired) electrons. The molecule has 4 aromatic rings. The minimum Gasteiger partial charge on any atom is -0.404 e. The molecular formula is C35H38O3Si. The van der Waals surface area contributed by atoms with Crippen molar-refractivity contribution < 1.29 is 14.0 Å². The van der Waals surface area contributed by atoms with Crippen molar-refractivity contribution in [3.05, 3.63) is 132 Å². The quantitative estimate of drug-likeness (QED) is 0.178. The Morgan fingerprint density at radius 2 is 1.23 bits per heavy atom. The van der Waals surface area contributed by atoms with Crippen molar-refractivity contribution in [3.8, 4) is 0 Å². The van der Waals surface area contributed by atoms with Crippen molar-refractivity contribution in [1.82, 2.24) is 0 Å². The highest BCUT2D eigenvalue weighted by Crippen LogP contribution is 2.41. The van der Waals surface area contributed by atoms with Crippen LogP contribution >= 0.6 is 0 Å². The fourth-order valence-electron chi connectivity index (χ4n) is 5.97. The summed E-state index contributed by atoms with van der Waals surface area (Å²) in [5.41, 5.74) is 1.86. The van der Waals surface area contributed by atoms with Crippen molar-refractivity contribution in [2.75, 3.05) is 0 Å². The van der Waals surface area contributed by atoms with Crippen molar-refractivity contribution in [2.24, 2.45) is 0 Å². The normalized spacial score (nSPS) is 19.9. The molecule has 39 heavy (non-hydrogen) atoms. The maximum absolute atomic E-state index is 13.2. The largest absolute Gasteiger partial charge is 0.404 e. The van der Waals surface area contributed by atoms with Gasteiger partial charge in [-0.2, -0.15) is 0 Å². The number of carbonyl (C=O) groups excluding carboxylic acids is 1. The molecule has 0 amide bonds. The fourth-order valence-corrected chi connectivity index (χ4v) is 10.7. The van der Waals surface area contributed by atoms with Gasteiger partial charge in [0.05, 0.1) is 18.3 Å². The molecule has 5 rings (SSSR count). The zero-order valence-electron chi connectivity index (χ0n) is 23.1. The van der Waals surface area contributed by atoms with Gasteiger partial charge in [0.2, 0.25) is 0 Å². The van der Waals surface area contributed by atoms with Gasteiger partial charge in [0, 0.05) is 18.4 Å². The molecule has 0 aliphatic carbocycles.